The monoisotopic (exact) mass is 254 g/mol. The lowest BCUT2D eigenvalue weighted by molar-refractivity contribution is 0.217. The van der Waals surface area contributed by atoms with Crippen LogP contribution in [0.4, 0.5) is 0 Å². The van der Waals surface area contributed by atoms with E-state index in [-0.39, 0.29) is 5.22 Å². The lowest BCUT2D eigenvalue weighted by Gasteiger charge is -2.41. The van der Waals surface area contributed by atoms with Gasteiger partial charge in [-0.3, -0.25) is 0 Å². The van der Waals surface area contributed by atoms with Crippen molar-refractivity contribution in [1.82, 2.24) is 0 Å². The zero-order valence-electron chi connectivity index (χ0n) is 12.1. The van der Waals surface area contributed by atoms with Crippen molar-refractivity contribution in [2.75, 3.05) is 0 Å². The van der Waals surface area contributed by atoms with Gasteiger partial charge in [0.25, 0.3) is 0 Å². The predicted octanol–water partition coefficient (Wildman–Crippen LogP) is 4.05. The molecule has 0 N–H and O–H groups in total. The van der Waals surface area contributed by atoms with Crippen molar-refractivity contribution >= 4 is 16.4 Å². The topological polar surface area (TPSA) is 9.23 Å². The molecule has 0 radical (unpaired) electrons. The van der Waals surface area contributed by atoms with E-state index in [9.17, 15) is 0 Å². The van der Waals surface area contributed by atoms with E-state index in [4.69, 9.17) is 4.43 Å². The Balaban J connectivity index is 5.25. The average Bonchev–Trinajstić information content (AvgIpc) is 1.95. The summed E-state index contributed by atoms with van der Waals surface area (Å²) >= 11 is 0. The Bertz CT molecular complexity index is 323. The fourth-order valence-electron chi connectivity index (χ4n) is 1.20. The molecule has 16 heavy (non-hydrogen) atoms. The van der Waals surface area contributed by atoms with Gasteiger partial charge in [-0.05, 0) is 39.1 Å². The molecule has 3 heteroatoms. The van der Waals surface area contributed by atoms with Gasteiger partial charge in [0.05, 0.1) is 8.07 Å². The van der Waals surface area contributed by atoms with Gasteiger partial charge < -0.3 is 4.43 Å². The quantitative estimate of drug-likeness (QED) is 0.545. The summed E-state index contributed by atoms with van der Waals surface area (Å²) < 4.78 is 6.33. The molecule has 92 valence electrons. The molecule has 0 aromatic rings. The van der Waals surface area contributed by atoms with Crippen molar-refractivity contribution in [3.63, 3.8) is 0 Å². The highest BCUT2D eigenvalue weighted by Crippen LogP contribution is 2.28. The van der Waals surface area contributed by atoms with Gasteiger partial charge in [-0.25, -0.2) is 0 Å². The summed E-state index contributed by atoms with van der Waals surface area (Å²) in [7, 11) is -3.06. The van der Waals surface area contributed by atoms with Gasteiger partial charge in [-0.1, -0.05) is 38.1 Å². The van der Waals surface area contributed by atoms with Gasteiger partial charge in [-0.15, -0.1) is 0 Å². The van der Waals surface area contributed by atoms with Crippen molar-refractivity contribution in [2.45, 2.75) is 58.4 Å². The summed E-state index contributed by atoms with van der Waals surface area (Å²) in [6.45, 7) is 21.5. The molecule has 0 amide bonds. The maximum Gasteiger partial charge on any atom is 0.185 e. The fraction of sp³-hybridized carbons (Fsp3) is 0.692. The molecule has 1 atom stereocenters. The van der Waals surface area contributed by atoms with Crippen LogP contribution < -0.4 is 0 Å². The molecule has 0 aliphatic heterocycles. The first-order valence-electron chi connectivity index (χ1n) is 5.76. The first kappa shape index (κ1) is 15.7. The van der Waals surface area contributed by atoms with Crippen LogP contribution >= 0.6 is 0 Å². The number of hydrogen-bond donors (Lipinski definition) is 0. The van der Waals surface area contributed by atoms with Crippen molar-refractivity contribution in [3.8, 4) is 11.8 Å². The molecule has 1 unspecified atom stereocenters. The highest BCUT2D eigenvalue weighted by molar-refractivity contribution is 6.81. The van der Waals surface area contributed by atoms with Crippen molar-refractivity contribution in [1.29, 1.82) is 0 Å². The maximum atomic E-state index is 6.33. The van der Waals surface area contributed by atoms with Crippen LogP contribution in [-0.4, -0.2) is 21.6 Å². The third kappa shape index (κ3) is 5.15. The van der Waals surface area contributed by atoms with Crippen molar-refractivity contribution in [2.24, 2.45) is 0 Å². The predicted molar refractivity (Wildman–Crippen MR) is 78.8 cm³/mol. The van der Waals surface area contributed by atoms with Gasteiger partial charge in [0.2, 0.25) is 0 Å². The molecular formula is C13H26OSi2. The van der Waals surface area contributed by atoms with Crippen LogP contribution in [0.1, 0.15) is 13.8 Å². The zero-order chi connectivity index (χ0) is 13.2. The number of rotatable bonds is 3. The van der Waals surface area contributed by atoms with E-state index in [1.807, 2.05) is 6.92 Å². The second kappa shape index (κ2) is 4.91. The van der Waals surface area contributed by atoms with Crippen LogP contribution in [0.15, 0.2) is 12.2 Å². The van der Waals surface area contributed by atoms with Crippen LogP contribution in [0.2, 0.25) is 39.3 Å². The molecule has 0 saturated carbocycles. The van der Waals surface area contributed by atoms with E-state index in [1.54, 1.807) is 0 Å². The summed E-state index contributed by atoms with van der Waals surface area (Å²) in [4.78, 5) is 0. The fourth-order valence-corrected chi connectivity index (χ4v) is 5.06. The average molecular weight is 255 g/mol. The van der Waals surface area contributed by atoms with E-state index in [0.717, 1.165) is 5.57 Å². The minimum atomic E-state index is -1.57. The summed E-state index contributed by atoms with van der Waals surface area (Å²) in [6.07, 6.45) is 0. The first-order chi connectivity index (χ1) is 6.87. The smallest absolute Gasteiger partial charge is 0.185 e. The lowest BCUT2D eigenvalue weighted by Crippen LogP contribution is -2.55. The molecule has 0 aliphatic carbocycles. The summed E-state index contributed by atoms with van der Waals surface area (Å²) in [5, 5.41) is -0.267. The zero-order valence-corrected chi connectivity index (χ0v) is 14.1. The summed E-state index contributed by atoms with van der Waals surface area (Å²) in [5.41, 5.74) is 0.906. The molecule has 0 rings (SSSR count). The van der Waals surface area contributed by atoms with E-state index in [0.29, 0.717) is 0 Å². The second-order valence-corrected chi connectivity index (χ2v) is 16.4. The van der Waals surface area contributed by atoms with Gasteiger partial charge in [-0.2, -0.15) is 0 Å². The van der Waals surface area contributed by atoms with E-state index < -0.39 is 16.4 Å². The molecule has 1 nitrogen and oxygen atoms in total. The third-order valence-corrected chi connectivity index (χ3v) is 6.77. The van der Waals surface area contributed by atoms with Gasteiger partial charge >= 0.3 is 0 Å². The van der Waals surface area contributed by atoms with Crippen LogP contribution in [0.5, 0.6) is 0 Å². The van der Waals surface area contributed by atoms with Gasteiger partial charge in [0, 0.05) is 0 Å². The molecule has 0 bridgehead atoms. The standard InChI is InChI=1S/C13H26OSi2/c1-12(2)10-11-13(3,15(4,5)6)14-16(7,8)9/h1H2,2-9H3. The Kier molecular flexibility index (Phi) is 4.81. The largest absolute Gasteiger partial charge is 0.405 e. The molecule has 0 aromatic heterocycles. The molecule has 0 aliphatic rings. The number of hydrogen-bond acceptors (Lipinski definition) is 1. The van der Waals surface area contributed by atoms with E-state index in [1.165, 1.54) is 0 Å². The number of allylic oxidation sites excluding steroid dienone is 1. The Hall–Kier alpha value is -0.306. The SMILES string of the molecule is C=C(C)C#CC(C)(O[Si](C)(C)C)[Si](C)(C)C. The first-order valence-corrected chi connectivity index (χ1v) is 12.7. The lowest BCUT2D eigenvalue weighted by atomic mass is 10.3. The van der Waals surface area contributed by atoms with Crippen LogP contribution in [0, 0.1) is 11.8 Å². The van der Waals surface area contributed by atoms with Crippen LogP contribution in [-0.2, 0) is 4.43 Å². The Morgan fingerprint density at radius 1 is 1.12 bits per heavy atom. The van der Waals surface area contributed by atoms with E-state index >= 15 is 0 Å². The minimum Gasteiger partial charge on any atom is -0.405 e. The minimum absolute atomic E-state index is 0.267. The van der Waals surface area contributed by atoms with Crippen molar-refractivity contribution in [3.05, 3.63) is 12.2 Å². The van der Waals surface area contributed by atoms with Crippen LogP contribution in [0.25, 0.3) is 0 Å². The molecular weight excluding hydrogens is 228 g/mol. The molecule has 0 heterocycles. The summed E-state index contributed by atoms with van der Waals surface area (Å²) in [5.74, 6) is 6.42. The van der Waals surface area contributed by atoms with Gasteiger partial charge in [0.15, 0.2) is 8.32 Å². The normalized spacial score (nSPS) is 16.0. The van der Waals surface area contributed by atoms with Gasteiger partial charge in [0.1, 0.15) is 5.22 Å². The second-order valence-electron chi connectivity index (χ2n) is 6.53. The molecule has 0 saturated heterocycles. The molecule has 0 spiro atoms. The summed E-state index contributed by atoms with van der Waals surface area (Å²) in [6, 6.07) is 0. The molecule has 0 fully saturated rings. The van der Waals surface area contributed by atoms with Crippen molar-refractivity contribution < 1.29 is 4.43 Å². The Morgan fingerprint density at radius 2 is 1.56 bits per heavy atom. The third-order valence-electron chi connectivity index (χ3n) is 2.46. The van der Waals surface area contributed by atoms with Crippen LogP contribution in [0.3, 0.4) is 0 Å². The molecule has 0 aromatic carbocycles. The van der Waals surface area contributed by atoms with E-state index in [2.05, 4.69) is 64.6 Å². The highest BCUT2D eigenvalue weighted by atomic mass is 28.4. The highest BCUT2D eigenvalue weighted by Gasteiger charge is 2.41. The Morgan fingerprint density at radius 3 is 1.81 bits per heavy atom. The maximum absolute atomic E-state index is 6.33. The Labute approximate surface area is 103 Å².